The predicted molar refractivity (Wildman–Crippen MR) is 52.5 cm³/mol. The lowest BCUT2D eigenvalue weighted by Crippen LogP contribution is -1.88. The Labute approximate surface area is 86.5 Å². The van der Waals surface area contributed by atoms with E-state index in [0.29, 0.717) is 6.07 Å². The maximum Gasteiger partial charge on any atom is 0.145 e. The van der Waals surface area contributed by atoms with Gasteiger partial charge in [0.05, 0.1) is 10.0 Å². The summed E-state index contributed by atoms with van der Waals surface area (Å²) < 4.78 is 25.2. The lowest BCUT2D eigenvalue weighted by Gasteiger charge is -2.02. The molecular weight excluding hydrogens is 217 g/mol. The average Bonchev–Trinajstić information content (AvgIpc) is 2.15. The normalized spacial score (nSPS) is 9.15. The van der Waals surface area contributed by atoms with Crippen molar-refractivity contribution in [3.63, 3.8) is 0 Å². The highest BCUT2D eigenvalue weighted by Crippen LogP contribution is 2.28. The molecule has 0 spiro atoms. The zero-order chi connectivity index (χ0) is 10.6. The Morgan fingerprint density at radius 2 is 1.31 bits per heavy atom. The fraction of sp³-hybridized carbons (Fsp3) is 0.333. The van der Waals surface area contributed by atoms with Gasteiger partial charge >= 0.3 is 0 Å². The van der Waals surface area contributed by atoms with E-state index in [1.165, 1.54) is 6.92 Å². The third-order valence-corrected chi connectivity index (χ3v) is 2.26. The van der Waals surface area contributed by atoms with E-state index in [2.05, 4.69) is 0 Å². The fourth-order valence-electron chi connectivity index (χ4n) is 0.693. The molecule has 0 radical (unpaired) electrons. The third kappa shape index (κ3) is 2.82. The summed E-state index contributed by atoms with van der Waals surface area (Å²) in [6.07, 6.45) is 0. The number of benzene rings is 1. The highest BCUT2D eigenvalue weighted by Gasteiger charge is 2.11. The molecule has 0 aliphatic carbocycles. The summed E-state index contributed by atoms with van der Waals surface area (Å²) in [6, 6.07) is 0.664. The first-order valence-electron chi connectivity index (χ1n) is 3.83. The topological polar surface area (TPSA) is 0 Å². The Morgan fingerprint density at radius 3 is 1.62 bits per heavy atom. The minimum absolute atomic E-state index is 0.128. The molecule has 0 aromatic heterocycles. The molecular formula is C9H10Cl2F2. The molecule has 0 aliphatic rings. The fourth-order valence-corrected chi connectivity index (χ4v) is 1.04. The van der Waals surface area contributed by atoms with Crippen LogP contribution in [0.2, 0.25) is 10.0 Å². The van der Waals surface area contributed by atoms with Gasteiger partial charge in [0.1, 0.15) is 11.6 Å². The summed E-state index contributed by atoms with van der Waals surface area (Å²) in [7, 11) is 0. The monoisotopic (exact) mass is 226 g/mol. The minimum Gasteiger partial charge on any atom is -0.205 e. The minimum atomic E-state index is -0.786. The number of hydrogen-bond acceptors (Lipinski definition) is 0. The molecule has 1 rings (SSSR count). The highest BCUT2D eigenvalue weighted by atomic mass is 35.5. The first kappa shape index (κ1) is 12.7. The summed E-state index contributed by atoms with van der Waals surface area (Å²) in [5.41, 5.74) is 0.228. The van der Waals surface area contributed by atoms with E-state index in [1.54, 1.807) is 0 Å². The maximum absolute atomic E-state index is 12.6. The van der Waals surface area contributed by atoms with Crippen LogP contribution >= 0.6 is 23.2 Å². The molecule has 0 aliphatic heterocycles. The van der Waals surface area contributed by atoms with Crippen LogP contribution in [-0.2, 0) is 0 Å². The van der Waals surface area contributed by atoms with Gasteiger partial charge in [0.25, 0.3) is 0 Å². The standard InChI is InChI=1S/C7H4Cl2F2.C2H6/c1-3-6(8)4(10)2-5(11)7(3)9;1-2/h2H,1H3;1-2H3. The van der Waals surface area contributed by atoms with E-state index in [4.69, 9.17) is 23.2 Å². The van der Waals surface area contributed by atoms with Crippen LogP contribution in [-0.4, -0.2) is 0 Å². The number of hydrogen-bond donors (Lipinski definition) is 0. The van der Waals surface area contributed by atoms with E-state index in [0.717, 1.165) is 0 Å². The van der Waals surface area contributed by atoms with Crippen LogP contribution in [0.3, 0.4) is 0 Å². The molecule has 0 saturated heterocycles. The van der Waals surface area contributed by atoms with Gasteiger partial charge in [-0.25, -0.2) is 8.78 Å². The first-order valence-corrected chi connectivity index (χ1v) is 4.59. The van der Waals surface area contributed by atoms with Gasteiger partial charge in [-0.15, -0.1) is 0 Å². The molecule has 74 valence electrons. The number of halogens is 4. The Balaban J connectivity index is 0.000000671. The summed E-state index contributed by atoms with van der Waals surface area (Å²) in [5.74, 6) is -1.57. The Morgan fingerprint density at radius 1 is 1.00 bits per heavy atom. The molecule has 0 bridgehead atoms. The molecule has 0 amide bonds. The largest absolute Gasteiger partial charge is 0.205 e. The van der Waals surface area contributed by atoms with E-state index >= 15 is 0 Å². The van der Waals surface area contributed by atoms with Gasteiger partial charge in [-0.1, -0.05) is 37.0 Å². The van der Waals surface area contributed by atoms with Crippen LogP contribution in [0.5, 0.6) is 0 Å². The van der Waals surface area contributed by atoms with E-state index in [9.17, 15) is 8.78 Å². The average molecular weight is 227 g/mol. The van der Waals surface area contributed by atoms with Crippen molar-refractivity contribution >= 4 is 23.2 Å². The second-order valence-electron chi connectivity index (χ2n) is 2.09. The molecule has 13 heavy (non-hydrogen) atoms. The molecule has 1 aromatic rings. The predicted octanol–water partition coefficient (Wildman–Crippen LogP) is 4.61. The lowest BCUT2D eigenvalue weighted by molar-refractivity contribution is 0.582. The van der Waals surface area contributed by atoms with Gasteiger partial charge < -0.3 is 0 Å². The summed E-state index contributed by atoms with van der Waals surface area (Å²) in [4.78, 5) is 0. The Bertz CT molecular complexity index is 272. The molecule has 1 aromatic carbocycles. The van der Waals surface area contributed by atoms with Gasteiger partial charge in [-0.3, -0.25) is 0 Å². The third-order valence-electron chi connectivity index (χ3n) is 1.33. The van der Waals surface area contributed by atoms with E-state index in [-0.39, 0.29) is 15.6 Å². The SMILES string of the molecule is CC.Cc1c(Cl)c(F)cc(F)c1Cl. The second-order valence-corrected chi connectivity index (χ2v) is 2.85. The van der Waals surface area contributed by atoms with Crippen molar-refractivity contribution in [2.45, 2.75) is 20.8 Å². The van der Waals surface area contributed by atoms with Crippen molar-refractivity contribution in [1.29, 1.82) is 0 Å². The van der Waals surface area contributed by atoms with Gasteiger partial charge in [0.2, 0.25) is 0 Å². The second kappa shape index (κ2) is 5.40. The zero-order valence-electron chi connectivity index (χ0n) is 7.59. The van der Waals surface area contributed by atoms with Crippen molar-refractivity contribution in [2.24, 2.45) is 0 Å². The molecule has 4 heteroatoms. The van der Waals surface area contributed by atoms with Crippen molar-refractivity contribution in [3.05, 3.63) is 33.3 Å². The zero-order valence-corrected chi connectivity index (χ0v) is 9.10. The first-order chi connectivity index (χ1) is 6.04. The summed E-state index contributed by atoms with van der Waals surface area (Å²) in [5, 5.41) is -0.257. The van der Waals surface area contributed by atoms with Crippen molar-refractivity contribution in [2.75, 3.05) is 0 Å². The van der Waals surface area contributed by atoms with Crippen LogP contribution in [0.25, 0.3) is 0 Å². The van der Waals surface area contributed by atoms with Crippen LogP contribution in [0.15, 0.2) is 6.07 Å². The number of rotatable bonds is 0. The van der Waals surface area contributed by atoms with Gasteiger partial charge in [-0.05, 0) is 12.5 Å². The summed E-state index contributed by atoms with van der Waals surface area (Å²) in [6.45, 7) is 5.46. The summed E-state index contributed by atoms with van der Waals surface area (Å²) >= 11 is 10.9. The van der Waals surface area contributed by atoms with Crippen LogP contribution in [0.1, 0.15) is 19.4 Å². The molecule has 0 fully saturated rings. The Hall–Kier alpha value is -0.340. The Kier molecular flexibility index (Phi) is 5.26. The maximum atomic E-state index is 12.6. The van der Waals surface area contributed by atoms with Crippen LogP contribution in [0, 0.1) is 18.6 Å². The molecule has 0 atom stereocenters. The molecule has 0 N–H and O–H groups in total. The van der Waals surface area contributed by atoms with Gasteiger partial charge in [-0.2, -0.15) is 0 Å². The molecule has 0 unspecified atom stereocenters. The van der Waals surface area contributed by atoms with Gasteiger partial charge in [0.15, 0.2) is 0 Å². The van der Waals surface area contributed by atoms with Crippen LogP contribution < -0.4 is 0 Å². The van der Waals surface area contributed by atoms with Gasteiger partial charge in [0, 0.05) is 6.07 Å². The molecule has 0 saturated carbocycles. The highest BCUT2D eigenvalue weighted by molar-refractivity contribution is 6.36. The quantitative estimate of drug-likeness (QED) is 0.568. The van der Waals surface area contributed by atoms with Crippen LogP contribution in [0.4, 0.5) is 8.78 Å². The smallest absolute Gasteiger partial charge is 0.145 e. The van der Waals surface area contributed by atoms with Crippen molar-refractivity contribution in [1.82, 2.24) is 0 Å². The van der Waals surface area contributed by atoms with Crippen molar-refractivity contribution in [3.8, 4) is 0 Å². The van der Waals surface area contributed by atoms with E-state index in [1.807, 2.05) is 13.8 Å². The lowest BCUT2D eigenvalue weighted by atomic mass is 10.2. The molecule has 0 heterocycles. The van der Waals surface area contributed by atoms with Crippen molar-refractivity contribution < 1.29 is 8.78 Å². The van der Waals surface area contributed by atoms with E-state index < -0.39 is 11.6 Å². The molecule has 0 nitrogen and oxygen atoms in total.